The molecule has 0 bridgehead atoms. The highest BCUT2D eigenvalue weighted by molar-refractivity contribution is 8.00. The predicted octanol–water partition coefficient (Wildman–Crippen LogP) is 3.96. The van der Waals surface area contributed by atoms with Gasteiger partial charge in [-0.05, 0) is 42.8 Å². The number of carboxylic acids is 1. The van der Waals surface area contributed by atoms with E-state index in [2.05, 4.69) is 10.6 Å². The Labute approximate surface area is 165 Å². The van der Waals surface area contributed by atoms with E-state index in [1.54, 1.807) is 30.3 Å². The largest absolute Gasteiger partial charge is 0.478 e. The number of amides is 2. The Bertz CT molecular complexity index is 899. The summed E-state index contributed by atoms with van der Waals surface area (Å²) in [5, 5.41) is 14.4. The molecule has 0 saturated carbocycles. The van der Waals surface area contributed by atoms with Gasteiger partial charge in [0.1, 0.15) is 0 Å². The number of halogens is 1. The maximum Gasteiger partial charge on any atom is 0.328 e. The number of hydrogen-bond acceptors (Lipinski definition) is 4. The molecule has 6 nitrogen and oxygen atoms in total. The normalized spacial score (nSPS) is 10.6. The Morgan fingerprint density at radius 3 is 2.63 bits per heavy atom. The van der Waals surface area contributed by atoms with Gasteiger partial charge in [-0.1, -0.05) is 23.7 Å². The van der Waals surface area contributed by atoms with E-state index in [1.807, 2.05) is 19.1 Å². The zero-order chi connectivity index (χ0) is 19.8. The summed E-state index contributed by atoms with van der Waals surface area (Å²) in [4.78, 5) is 35.0. The number of aryl methyl sites for hydroxylation is 1. The van der Waals surface area contributed by atoms with E-state index in [4.69, 9.17) is 16.7 Å². The highest BCUT2D eigenvalue weighted by Crippen LogP contribution is 2.23. The lowest BCUT2D eigenvalue weighted by Gasteiger charge is -2.09. The molecule has 0 aliphatic carbocycles. The first-order valence-electron chi connectivity index (χ1n) is 7.84. The number of carbonyl (C=O) groups is 3. The predicted molar refractivity (Wildman–Crippen MR) is 107 cm³/mol. The van der Waals surface area contributed by atoms with Crippen LogP contribution in [0.4, 0.5) is 11.4 Å². The first-order valence-corrected chi connectivity index (χ1v) is 9.20. The zero-order valence-corrected chi connectivity index (χ0v) is 15.9. The number of hydrogen-bond donors (Lipinski definition) is 3. The molecule has 27 heavy (non-hydrogen) atoms. The van der Waals surface area contributed by atoms with Crippen molar-refractivity contribution in [1.82, 2.24) is 0 Å². The third-order valence-corrected chi connectivity index (χ3v) is 4.55. The van der Waals surface area contributed by atoms with Crippen LogP contribution in [0.1, 0.15) is 5.56 Å². The fraction of sp³-hybridized carbons (Fsp3) is 0.105. The molecule has 2 amide bonds. The van der Waals surface area contributed by atoms with Crippen molar-refractivity contribution >= 4 is 52.5 Å². The molecule has 0 saturated heterocycles. The van der Waals surface area contributed by atoms with Crippen LogP contribution >= 0.6 is 23.4 Å². The maximum atomic E-state index is 12.2. The Kier molecular flexibility index (Phi) is 7.45. The lowest BCUT2D eigenvalue weighted by molar-refractivity contribution is -0.131. The second-order valence-corrected chi connectivity index (χ2v) is 6.97. The van der Waals surface area contributed by atoms with Gasteiger partial charge in [0.05, 0.1) is 5.75 Å². The number of carbonyl (C=O) groups excluding carboxylic acids is 2. The molecule has 8 heteroatoms. The van der Waals surface area contributed by atoms with Gasteiger partial charge in [0.15, 0.2) is 0 Å². The van der Waals surface area contributed by atoms with Crippen molar-refractivity contribution < 1.29 is 19.5 Å². The molecule has 0 radical (unpaired) electrons. The molecular weight excluding hydrogens is 388 g/mol. The fourth-order valence-corrected chi connectivity index (χ4v) is 2.99. The van der Waals surface area contributed by atoms with E-state index in [-0.39, 0.29) is 11.7 Å². The molecule has 0 unspecified atom stereocenters. The standard InChI is InChI=1S/C19H17ClN2O4S/c1-12-5-6-13(20)9-16(12)22-18(24)11-27-15-4-2-3-14(10-15)21-17(23)7-8-19(25)26/h2-10H,11H2,1H3,(H,21,23)(H,22,24)(H,25,26)/b8-7+. The van der Waals surface area contributed by atoms with Crippen LogP contribution in [0.3, 0.4) is 0 Å². The topological polar surface area (TPSA) is 95.5 Å². The van der Waals surface area contributed by atoms with E-state index in [9.17, 15) is 14.4 Å². The zero-order valence-electron chi connectivity index (χ0n) is 14.4. The van der Waals surface area contributed by atoms with Crippen molar-refractivity contribution in [3.8, 4) is 0 Å². The molecule has 2 rings (SSSR count). The van der Waals surface area contributed by atoms with Gasteiger partial charge in [-0.3, -0.25) is 9.59 Å². The molecule has 0 atom stereocenters. The molecule has 2 aromatic rings. The van der Waals surface area contributed by atoms with Crippen molar-refractivity contribution in [2.45, 2.75) is 11.8 Å². The summed E-state index contributed by atoms with van der Waals surface area (Å²) in [6, 6.07) is 12.2. The molecule has 0 heterocycles. The van der Waals surface area contributed by atoms with Crippen LogP contribution in [0.15, 0.2) is 59.5 Å². The Hall–Kier alpha value is -2.77. The average molecular weight is 405 g/mol. The average Bonchev–Trinajstić information content (AvgIpc) is 2.62. The highest BCUT2D eigenvalue weighted by atomic mass is 35.5. The van der Waals surface area contributed by atoms with E-state index >= 15 is 0 Å². The van der Waals surface area contributed by atoms with Gasteiger partial charge < -0.3 is 15.7 Å². The molecule has 0 aliphatic heterocycles. The second-order valence-electron chi connectivity index (χ2n) is 5.48. The number of benzene rings is 2. The van der Waals surface area contributed by atoms with Crippen molar-refractivity contribution in [2.75, 3.05) is 16.4 Å². The molecular formula is C19H17ClN2O4S. The highest BCUT2D eigenvalue weighted by Gasteiger charge is 2.07. The van der Waals surface area contributed by atoms with Crippen molar-refractivity contribution in [3.05, 3.63) is 65.2 Å². The lowest BCUT2D eigenvalue weighted by atomic mass is 10.2. The lowest BCUT2D eigenvalue weighted by Crippen LogP contribution is -2.14. The van der Waals surface area contributed by atoms with Gasteiger partial charge in [0.2, 0.25) is 11.8 Å². The summed E-state index contributed by atoms with van der Waals surface area (Å²) in [5.41, 5.74) is 2.09. The Morgan fingerprint density at radius 2 is 1.89 bits per heavy atom. The van der Waals surface area contributed by atoms with E-state index in [0.717, 1.165) is 22.6 Å². The number of aliphatic carboxylic acids is 1. The minimum Gasteiger partial charge on any atom is -0.478 e. The third-order valence-electron chi connectivity index (χ3n) is 3.32. The monoisotopic (exact) mass is 404 g/mol. The molecule has 3 N–H and O–H groups in total. The number of nitrogens with one attached hydrogen (secondary N) is 2. The first kappa shape index (κ1) is 20.5. The number of anilines is 2. The molecule has 140 valence electrons. The first-order chi connectivity index (χ1) is 12.8. The summed E-state index contributed by atoms with van der Waals surface area (Å²) < 4.78 is 0. The molecule has 2 aromatic carbocycles. The second kappa shape index (κ2) is 9.80. The minimum absolute atomic E-state index is 0.177. The number of thioether (sulfide) groups is 1. The van der Waals surface area contributed by atoms with Crippen LogP contribution in [0.25, 0.3) is 0 Å². The van der Waals surface area contributed by atoms with Crippen molar-refractivity contribution in [2.24, 2.45) is 0 Å². The summed E-state index contributed by atoms with van der Waals surface area (Å²) >= 11 is 7.25. The van der Waals surface area contributed by atoms with E-state index in [1.165, 1.54) is 11.8 Å². The molecule has 0 spiro atoms. The summed E-state index contributed by atoms with van der Waals surface area (Å²) in [5.74, 6) is -1.74. The van der Waals surface area contributed by atoms with Gasteiger partial charge in [0.25, 0.3) is 0 Å². The summed E-state index contributed by atoms with van der Waals surface area (Å²) in [6.45, 7) is 1.88. The fourth-order valence-electron chi connectivity index (χ4n) is 2.06. The Balaban J connectivity index is 1.92. The van der Waals surface area contributed by atoms with Crippen LogP contribution in [0.5, 0.6) is 0 Å². The van der Waals surface area contributed by atoms with Gasteiger partial charge in [-0.15, -0.1) is 11.8 Å². The van der Waals surface area contributed by atoms with E-state index < -0.39 is 11.9 Å². The van der Waals surface area contributed by atoms with Gasteiger partial charge >= 0.3 is 5.97 Å². The minimum atomic E-state index is -1.20. The van der Waals surface area contributed by atoms with E-state index in [0.29, 0.717) is 16.4 Å². The van der Waals surface area contributed by atoms with Crippen molar-refractivity contribution in [3.63, 3.8) is 0 Å². The summed E-state index contributed by atoms with van der Waals surface area (Å²) in [7, 11) is 0. The summed E-state index contributed by atoms with van der Waals surface area (Å²) in [6.07, 6.45) is 1.69. The molecule has 0 aromatic heterocycles. The van der Waals surface area contributed by atoms with Crippen molar-refractivity contribution in [1.29, 1.82) is 0 Å². The van der Waals surface area contributed by atoms with Gasteiger partial charge in [-0.25, -0.2) is 4.79 Å². The van der Waals surface area contributed by atoms with Gasteiger partial charge in [-0.2, -0.15) is 0 Å². The smallest absolute Gasteiger partial charge is 0.328 e. The molecule has 0 fully saturated rings. The number of carboxylic acid groups (broad SMARTS) is 1. The van der Waals surface area contributed by atoms with Crippen LogP contribution in [-0.4, -0.2) is 28.6 Å². The quantitative estimate of drug-likeness (QED) is 0.479. The van der Waals surface area contributed by atoms with Gasteiger partial charge in [0, 0.05) is 33.4 Å². The number of rotatable bonds is 7. The maximum absolute atomic E-state index is 12.2. The molecule has 0 aliphatic rings. The third kappa shape index (κ3) is 7.16. The van der Waals surface area contributed by atoms with Crippen LogP contribution < -0.4 is 10.6 Å². The van der Waals surface area contributed by atoms with Crippen LogP contribution in [-0.2, 0) is 14.4 Å². The SMILES string of the molecule is Cc1ccc(Cl)cc1NC(=O)CSc1cccc(NC(=O)/C=C/C(=O)O)c1. The Morgan fingerprint density at radius 1 is 1.11 bits per heavy atom. The van der Waals surface area contributed by atoms with Crippen LogP contribution in [0.2, 0.25) is 5.02 Å². The van der Waals surface area contributed by atoms with Crippen LogP contribution in [0, 0.1) is 6.92 Å².